The van der Waals surface area contributed by atoms with E-state index in [-0.39, 0.29) is 11.5 Å². The molecule has 0 amide bonds. The zero-order valence-corrected chi connectivity index (χ0v) is 12.1. The van der Waals surface area contributed by atoms with Crippen LogP contribution in [-0.2, 0) is 4.74 Å². The number of halogens is 2. The van der Waals surface area contributed by atoms with Gasteiger partial charge in [0.2, 0.25) is 0 Å². The first-order valence-electron chi connectivity index (χ1n) is 7.06. The second-order valence-corrected chi connectivity index (χ2v) is 5.34. The summed E-state index contributed by atoms with van der Waals surface area (Å²) in [6, 6.07) is 4.93. The standard InChI is InChI=1S/C17H16F2N2O/c1-10-9-22-7-5-12(10)17-16(20)13(4-6-21-17)14-8-11(18)2-3-15(14)19/h2-6,8,10H,7,9,20H2,1H3/t10-/m0/s1. The normalized spacial score (nSPS) is 18.1. The van der Waals surface area contributed by atoms with Crippen LogP contribution in [0.5, 0.6) is 0 Å². The lowest BCUT2D eigenvalue weighted by atomic mass is 9.93. The third kappa shape index (κ3) is 2.60. The van der Waals surface area contributed by atoms with Crippen LogP contribution in [0.3, 0.4) is 0 Å². The predicted molar refractivity (Wildman–Crippen MR) is 82.0 cm³/mol. The van der Waals surface area contributed by atoms with E-state index < -0.39 is 11.6 Å². The highest BCUT2D eigenvalue weighted by Crippen LogP contribution is 2.35. The van der Waals surface area contributed by atoms with E-state index in [1.165, 1.54) is 0 Å². The Balaban J connectivity index is 2.14. The van der Waals surface area contributed by atoms with Crippen molar-refractivity contribution in [3.63, 3.8) is 0 Å². The number of rotatable bonds is 2. The van der Waals surface area contributed by atoms with Crippen LogP contribution in [0.4, 0.5) is 14.5 Å². The molecule has 1 aliphatic rings. The van der Waals surface area contributed by atoms with Crippen molar-refractivity contribution in [2.75, 3.05) is 18.9 Å². The number of hydrogen-bond donors (Lipinski definition) is 1. The van der Waals surface area contributed by atoms with Crippen LogP contribution in [0.15, 0.2) is 36.5 Å². The fourth-order valence-electron chi connectivity index (χ4n) is 2.66. The minimum absolute atomic E-state index is 0.140. The average Bonchev–Trinajstić information content (AvgIpc) is 2.51. The lowest BCUT2D eigenvalue weighted by Crippen LogP contribution is -2.16. The van der Waals surface area contributed by atoms with E-state index in [0.717, 1.165) is 23.8 Å². The molecule has 0 saturated heterocycles. The highest BCUT2D eigenvalue weighted by atomic mass is 19.1. The quantitative estimate of drug-likeness (QED) is 0.921. The van der Waals surface area contributed by atoms with Gasteiger partial charge in [-0.2, -0.15) is 0 Å². The van der Waals surface area contributed by atoms with Crippen molar-refractivity contribution < 1.29 is 13.5 Å². The van der Waals surface area contributed by atoms with Crippen LogP contribution in [0.25, 0.3) is 16.7 Å². The molecule has 0 saturated carbocycles. The van der Waals surface area contributed by atoms with E-state index in [1.807, 2.05) is 13.0 Å². The van der Waals surface area contributed by atoms with Crippen LogP contribution in [0, 0.1) is 17.6 Å². The Morgan fingerprint density at radius 2 is 2.05 bits per heavy atom. The minimum Gasteiger partial charge on any atom is -0.396 e. The Kier molecular flexibility index (Phi) is 3.90. The summed E-state index contributed by atoms with van der Waals surface area (Å²) in [6.45, 7) is 3.10. The van der Waals surface area contributed by atoms with E-state index in [0.29, 0.717) is 30.2 Å². The van der Waals surface area contributed by atoms with Gasteiger partial charge in [-0.3, -0.25) is 4.98 Å². The van der Waals surface area contributed by atoms with Crippen molar-refractivity contribution in [2.24, 2.45) is 5.92 Å². The van der Waals surface area contributed by atoms with Gasteiger partial charge in [-0.15, -0.1) is 0 Å². The number of aromatic nitrogens is 1. The fraction of sp³-hybridized carbons (Fsp3) is 0.235. The van der Waals surface area contributed by atoms with Crippen LogP contribution >= 0.6 is 0 Å². The number of ether oxygens (including phenoxy) is 1. The van der Waals surface area contributed by atoms with Gasteiger partial charge in [-0.25, -0.2) is 8.78 Å². The van der Waals surface area contributed by atoms with Crippen molar-refractivity contribution in [2.45, 2.75) is 6.92 Å². The molecule has 1 aromatic heterocycles. The fourth-order valence-corrected chi connectivity index (χ4v) is 2.66. The van der Waals surface area contributed by atoms with Crippen LogP contribution in [0.2, 0.25) is 0 Å². The SMILES string of the molecule is C[C@H]1COCC=C1c1nccc(-c2cc(F)ccc2F)c1N. The van der Waals surface area contributed by atoms with Crippen molar-refractivity contribution in [3.8, 4) is 11.1 Å². The summed E-state index contributed by atoms with van der Waals surface area (Å²) in [5.74, 6) is -0.872. The molecule has 3 rings (SSSR count). The van der Waals surface area contributed by atoms with Gasteiger partial charge in [0.1, 0.15) is 11.6 Å². The number of nitrogens with two attached hydrogens (primary N) is 1. The molecule has 1 aliphatic heterocycles. The molecule has 2 aromatic rings. The van der Waals surface area contributed by atoms with E-state index in [4.69, 9.17) is 10.5 Å². The van der Waals surface area contributed by atoms with Crippen molar-refractivity contribution in [1.82, 2.24) is 4.98 Å². The average molecular weight is 302 g/mol. The van der Waals surface area contributed by atoms with E-state index in [2.05, 4.69) is 4.98 Å². The van der Waals surface area contributed by atoms with Crippen LogP contribution in [0.1, 0.15) is 12.6 Å². The maximum atomic E-state index is 14.0. The molecule has 3 nitrogen and oxygen atoms in total. The Morgan fingerprint density at radius 3 is 2.82 bits per heavy atom. The predicted octanol–water partition coefficient (Wildman–Crippen LogP) is 3.66. The molecule has 5 heteroatoms. The monoisotopic (exact) mass is 302 g/mol. The van der Waals surface area contributed by atoms with Gasteiger partial charge in [0, 0.05) is 23.2 Å². The highest BCUT2D eigenvalue weighted by Gasteiger charge is 2.21. The van der Waals surface area contributed by atoms with Gasteiger partial charge in [-0.1, -0.05) is 13.0 Å². The maximum absolute atomic E-state index is 14.0. The topological polar surface area (TPSA) is 48.1 Å². The summed E-state index contributed by atoms with van der Waals surface area (Å²) in [4.78, 5) is 4.33. The molecule has 2 heterocycles. The summed E-state index contributed by atoms with van der Waals surface area (Å²) >= 11 is 0. The summed E-state index contributed by atoms with van der Waals surface area (Å²) in [7, 11) is 0. The third-order valence-corrected chi connectivity index (χ3v) is 3.80. The summed E-state index contributed by atoms with van der Waals surface area (Å²) in [6.07, 6.45) is 3.49. The zero-order valence-electron chi connectivity index (χ0n) is 12.1. The Morgan fingerprint density at radius 1 is 1.23 bits per heavy atom. The molecule has 22 heavy (non-hydrogen) atoms. The summed E-state index contributed by atoms with van der Waals surface area (Å²) in [5, 5.41) is 0. The molecular weight excluding hydrogens is 286 g/mol. The van der Waals surface area contributed by atoms with Crippen molar-refractivity contribution in [1.29, 1.82) is 0 Å². The van der Waals surface area contributed by atoms with Crippen LogP contribution < -0.4 is 5.73 Å². The Hall–Kier alpha value is -2.27. The first kappa shape index (κ1) is 14.7. The molecule has 0 spiro atoms. The molecule has 0 aliphatic carbocycles. The second kappa shape index (κ2) is 5.85. The van der Waals surface area contributed by atoms with E-state index in [1.54, 1.807) is 12.3 Å². The van der Waals surface area contributed by atoms with Gasteiger partial charge >= 0.3 is 0 Å². The zero-order chi connectivity index (χ0) is 15.7. The highest BCUT2D eigenvalue weighted by molar-refractivity contribution is 5.85. The summed E-state index contributed by atoms with van der Waals surface area (Å²) in [5.41, 5.74) is 8.72. The van der Waals surface area contributed by atoms with Gasteiger partial charge in [0.15, 0.2) is 0 Å². The molecule has 0 unspecified atom stereocenters. The van der Waals surface area contributed by atoms with E-state index in [9.17, 15) is 8.78 Å². The first-order valence-corrected chi connectivity index (χ1v) is 7.06. The van der Waals surface area contributed by atoms with Crippen molar-refractivity contribution in [3.05, 3.63) is 53.9 Å². The molecule has 1 atom stereocenters. The van der Waals surface area contributed by atoms with Gasteiger partial charge < -0.3 is 10.5 Å². The molecule has 0 fully saturated rings. The first-order chi connectivity index (χ1) is 10.6. The molecule has 2 N–H and O–H groups in total. The van der Waals surface area contributed by atoms with Crippen LogP contribution in [-0.4, -0.2) is 18.2 Å². The number of pyridine rings is 1. The molecular formula is C17H16F2N2O. The van der Waals surface area contributed by atoms with Gasteiger partial charge in [0.25, 0.3) is 0 Å². The maximum Gasteiger partial charge on any atom is 0.131 e. The Labute approximate surface area is 127 Å². The van der Waals surface area contributed by atoms with Gasteiger partial charge in [-0.05, 0) is 29.8 Å². The smallest absolute Gasteiger partial charge is 0.131 e. The minimum atomic E-state index is -0.515. The van der Waals surface area contributed by atoms with Crippen molar-refractivity contribution >= 4 is 11.3 Å². The lowest BCUT2D eigenvalue weighted by Gasteiger charge is -2.22. The molecule has 0 radical (unpaired) electrons. The number of hydrogen-bond acceptors (Lipinski definition) is 3. The number of anilines is 1. The number of nitrogen functional groups attached to an aromatic ring is 1. The second-order valence-electron chi connectivity index (χ2n) is 5.34. The number of nitrogens with zero attached hydrogens (tertiary/aromatic N) is 1. The number of benzene rings is 1. The third-order valence-electron chi connectivity index (χ3n) is 3.80. The van der Waals surface area contributed by atoms with Gasteiger partial charge in [0.05, 0.1) is 24.6 Å². The molecule has 1 aromatic carbocycles. The van der Waals surface area contributed by atoms with E-state index >= 15 is 0 Å². The molecule has 0 bridgehead atoms. The molecule has 114 valence electrons. The summed E-state index contributed by atoms with van der Waals surface area (Å²) < 4.78 is 32.8. The largest absolute Gasteiger partial charge is 0.396 e. The Bertz CT molecular complexity index is 743. The lowest BCUT2D eigenvalue weighted by molar-refractivity contribution is 0.135.